The molecule has 1 aliphatic rings. The van der Waals surface area contributed by atoms with Crippen molar-refractivity contribution in [1.82, 2.24) is 4.72 Å². The number of nitrogens with one attached hydrogen (secondary N) is 2. The number of carbonyl (C=O) groups is 2. The number of aromatic hydroxyl groups is 1. The topological polar surface area (TPSA) is 142 Å². The average molecular weight is 455 g/mol. The lowest BCUT2D eigenvalue weighted by molar-refractivity contribution is -0.147. The molecule has 0 aliphatic heterocycles. The van der Waals surface area contributed by atoms with Gasteiger partial charge in [0.2, 0.25) is 10.0 Å². The molecule has 1 aliphatic carbocycles. The van der Waals surface area contributed by atoms with E-state index in [1.807, 2.05) is 0 Å². The van der Waals surface area contributed by atoms with Gasteiger partial charge in [0.1, 0.15) is 22.1 Å². The maximum atomic E-state index is 12.6. The second-order valence-electron chi connectivity index (χ2n) is 6.84. The minimum absolute atomic E-state index is 0.0702. The van der Waals surface area contributed by atoms with Crippen molar-refractivity contribution >= 4 is 39.2 Å². The van der Waals surface area contributed by atoms with Crippen LogP contribution in [0, 0.1) is 6.92 Å². The molecule has 9 nitrogen and oxygen atoms in total. The Labute approximate surface area is 177 Å². The molecule has 1 amide bonds. The summed E-state index contributed by atoms with van der Waals surface area (Å²) in [5.41, 5.74) is 0.629. The molecule has 0 heterocycles. The number of aliphatic carboxylic acids is 1. The summed E-state index contributed by atoms with van der Waals surface area (Å²) in [5.74, 6) is -2.97. The van der Waals surface area contributed by atoms with Gasteiger partial charge in [-0.2, -0.15) is 0 Å². The van der Waals surface area contributed by atoms with Crippen LogP contribution in [0.1, 0.15) is 24.8 Å². The SMILES string of the molecule is Cc1cc(NC(=O)C(=O)O)cc(Cl)c1Oc1ccc(O)c(S(=O)(=O)NC2CCC2)c1. The molecule has 160 valence electrons. The van der Waals surface area contributed by atoms with E-state index in [1.165, 1.54) is 30.3 Å². The van der Waals surface area contributed by atoms with Crippen LogP contribution < -0.4 is 14.8 Å². The summed E-state index contributed by atoms with van der Waals surface area (Å²) < 4.78 is 33.4. The molecule has 0 unspecified atom stereocenters. The van der Waals surface area contributed by atoms with E-state index in [0.717, 1.165) is 19.3 Å². The number of carboxylic acid groups (broad SMARTS) is 1. The number of halogens is 1. The van der Waals surface area contributed by atoms with E-state index in [9.17, 15) is 23.1 Å². The van der Waals surface area contributed by atoms with E-state index in [0.29, 0.717) is 5.56 Å². The van der Waals surface area contributed by atoms with Gasteiger partial charge in [-0.15, -0.1) is 0 Å². The molecule has 1 fully saturated rings. The number of sulfonamides is 1. The number of aryl methyl sites for hydroxylation is 1. The van der Waals surface area contributed by atoms with Gasteiger partial charge in [0.05, 0.1) is 5.02 Å². The van der Waals surface area contributed by atoms with Gasteiger partial charge in [0.25, 0.3) is 0 Å². The van der Waals surface area contributed by atoms with Crippen molar-refractivity contribution in [3.63, 3.8) is 0 Å². The number of rotatable bonds is 6. The number of carboxylic acids is 1. The first-order valence-electron chi connectivity index (χ1n) is 8.94. The first-order valence-corrected chi connectivity index (χ1v) is 10.8. The highest BCUT2D eigenvalue weighted by molar-refractivity contribution is 7.89. The van der Waals surface area contributed by atoms with E-state index in [-0.39, 0.29) is 33.1 Å². The number of anilines is 1. The lowest BCUT2D eigenvalue weighted by Crippen LogP contribution is -2.39. The second kappa shape index (κ2) is 8.50. The summed E-state index contributed by atoms with van der Waals surface area (Å²) in [4.78, 5) is 21.7. The Morgan fingerprint density at radius 3 is 2.47 bits per heavy atom. The summed E-state index contributed by atoms with van der Waals surface area (Å²) in [7, 11) is -3.93. The predicted octanol–water partition coefficient (Wildman–Crippen LogP) is 3.00. The van der Waals surface area contributed by atoms with Crippen molar-refractivity contribution in [3.8, 4) is 17.2 Å². The summed E-state index contributed by atoms with van der Waals surface area (Å²) in [6.45, 7) is 1.62. The Hall–Kier alpha value is -2.82. The zero-order chi connectivity index (χ0) is 22.1. The molecule has 3 rings (SSSR count). The molecule has 2 aromatic rings. The molecule has 4 N–H and O–H groups in total. The Morgan fingerprint density at radius 1 is 1.20 bits per heavy atom. The van der Waals surface area contributed by atoms with Crippen LogP contribution in [0.25, 0.3) is 0 Å². The van der Waals surface area contributed by atoms with Gasteiger partial charge in [-0.25, -0.2) is 17.9 Å². The van der Waals surface area contributed by atoms with Gasteiger partial charge < -0.3 is 20.3 Å². The maximum absolute atomic E-state index is 12.6. The van der Waals surface area contributed by atoms with Crippen molar-refractivity contribution in [3.05, 3.63) is 40.9 Å². The highest BCUT2D eigenvalue weighted by Crippen LogP contribution is 2.37. The summed E-state index contributed by atoms with van der Waals surface area (Å²) >= 11 is 6.20. The molecule has 2 aromatic carbocycles. The van der Waals surface area contributed by atoms with Crippen LogP contribution in [0.4, 0.5) is 5.69 Å². The molecular weight excluding hydrogens is 436 g/mol. The summed E-state index contributed by atoms with van der Waals surface area (Å²) in [6, 6.07) is 6.39. The van der Waals surface area contributed by atoms with E-state index in [1.54, 1.807) is 6.92 Å². The van der Waals surface area contributed by atoms with Crippen molar-refractivity contribution in [2.75, 3.05) is 5.32 Å². The van der Waals surface area contributed by atoms with Crippen LogP contribution in [-0.4, -0.2) is 36.5 Å². The molecule has 0 saturated heterocycles. The first-order chi connectivity index (χ1) is 14.1. The highest BCUT2D eigenvalue weighted by Gasteiger charge is 2.27. The molecule has 0 radical (unpaired) electrons. The van der Waals surface area contributed by atoms with Crippen molar-refractivity contribution in [2.24, 2.45) is 0 Å². The maximum Gasteiger partial charge on any atom is 0.394 e. The fourth-order valence-corrected chi connectivity index (χ4v) is 4.54. The van der Waals surface area contributed by atoms with Gasteiger partial charge in [0.15, 0.2) is 0 Å². The number of ether oxygens (including phenoxy) is 1. The van der Waals surface area contributed by atoms with Crippen LogP contribution in [0.2, 0.25) is 5.02 Å². The number of hydrogen-bond donors (Lipinski definition) is 4. The molecule has 30 heavy (non-hydrogen) atoms. The second-order valence-corrected chi connectivity index (χ2v) is 8.93. The molecule has 0 spiro atoms. The van der Waals surface area contributed by atoms with E-state index >= 15 is 0 Å². The first kappa shape index (κ1) is 21.9. The number of hydrogen-bond acceptors (Lipinski definition) is 6. The normalized spacial score (nSPS) is 14.1. The van der Waals surface area contributed by atoms with Crippen molar-refractivity contribution in [1.29, 1.82) is 0 Å². The molecular formula is C19H19ClN2O7S. The predicted molar refractivity (Wildman–Crippen MR) is 109 cm³/mol. The average Bonchev–Trinajstić information content (AvgIpc) is 2.62. The standard InChI is InChI=1S/C19H19ClN2O7S/c1-10-7-12(21-18(24)19(25)26)8-14(20)17(10)29-13-5-6-15(23)16(9-13)30(27,28)22-11-3-2-4-11/h5-9,11,22-23H,2-4H2,1H3,(H,21,24)(H,25,26). The Morgan fingerprint density at radius 2 is 1.90 bits per heavy atom. The minimum atomic E-state index is -3.93. The highest BCUT2D eigenvalue weighted by atomic mass is 35.5. The van der Waals surface area contributed by atoms with E-state index in [4.69, 9.17) is 21.4 Å². The smallest absolute Gasteiger partial charge is 0.394 e. The van der Waals surface area contributed by atoms with Crippen molar-refractivity contribution in [2.45, 2.75) is 37.1 Å². The van der Waals surface area contributed by atoms with Gasteiger partial charge in [-0.1, -0.05) is 18.0 Å². The lowest BCUT2D eigenvalue weighted by Gasteiger charge is -2.26. The number of phenols is 1. The number of benzene rings is 2. The van der Waals surface area contributed by atoms with Gasteiger partial charge in [0, 0.05) is 17.8 Å². The van der Waals surface area contributed by atoms with Crippen LogP contribution >= 0.6 is 11.6 Å². The largest absolute Gasteiger partial charge is 0.507 e. The number of phenolic OH excluding ortho intramolecular Hbond substituents is 1. The van der Waals surface area contributed by atoms with E-state index in [2.05, 4.69) is 10.0 Å². The fraction of sp³-hybridized carbons (Fsp3) is 0.263. The number of carbonyl (C=O) groups excluding carboxylic acids is 1. The third kappa shape index (κ3) is 4.84. The zero-order valence-corrected chi connectivity index (χ0v) is 17.4. The Kier molecular flexibility index (Phi) is 6.20. The monoisotopic (exact) mass is 454 g/mol. The van der Waals surface area contributed by atoms with Crippen molar-refractivity contribution < 1.29 is 33.0 Å². The van der Waals surface area contributed by atoms with Crippen LogP contribution in [0.15, 0.2) is 35.2 Å². The lowest BCUT2D eigenvalue weighted by atomic mass is 9.94. The molecule has 0 bridgehead atoms. The minimum Gasteiger partial charge on any atom is -0.507 e. The third-order valence-electron chi connectivity index (χ3n) is 4.55. The fourth-order valence-electron chi connectivity index (χ4n) is 2.82. The number of amides is 1. The molecule has 0 aromatic heterocycles. The van der Waals surface area contributed by atoms with Crippen LogP contribution in [-0.2, 0) is 19.6 Å². The summed E-state index contributed by atoms with van der Waals surface area (Å²) in [6.07, 6.45) is 2.44. The summed E-state index contributed by atoms with van der Waals surface area (Å²) in [5, 5.41) is 21.0. The molecule has 1 saturated carbocycles. The quantitative estimate of drug-likeness (QED) is 0.491. The van der Waals surface area contributed by atoms with E-state index < -0.39 is 27.6 Å². The van der Waals surface area contributed by atoms with Crippen LogP contribution in [0.3, 0.4) is 0 Å². The van der Waals surface area contributed by atoms with Gasteiger partial charge >= 0.3 is 11.9 Å². The van der Waals surface area contributed by atoms with Crippen LogP contribution in [0.5, 0.6) is 17.2 Å². The van der Waals surface area contributed by atoms with Gasteiger partial charge in [-0.05, 0) is 49.6 Å². The third-order valence-corrected chi connectivity index (χ3v) is 6.38. The van der Waals surface area contributed by atoms with Gasteiger partial charge in [-0.3, -0.25) is 4.79 Å². The molecule has 0 atom stereocenters. The Bertz CT molecular complexity index is 1090. The molecule has 11 heteroatoms. The zero-order valence-electron chi connectivity index (χ0n) is 15.8. The Balaban J connectivity index is 1.86.